The summed E-state index contributed by atoms with van der Waals surface area (Å²) in [6.45, 7) is 0.188. The summed E-state index contributed by atoms with van der Waals surface area (Å²) >= 11 is 0. The van der Waals surface area contributed by atoms with Crippen molar-refractivity contribution in [2.24, 2.45) is 0 Å². The summed E-state index contributed by atoms with van der Waals surface area (Å²) in [5.41, 5.74) is 0.873. The normalized spacial score (nSPS) is 10.5. The maximum atomic E-state index is 11.7. The minimum atomic E-state index is -0.467. The maximum absolute atomic E-state index is 11.7. The summed E-state index contributed by atoms with van der Waals surface area (Å²) in [6, 6.07) is 8.68. The molecule has 0 spiro atoms. The number of rotatable bonds is 4. The average Bonchev–Trinajstić information content (AvgIpc) is 2.96. The van der Waals surface area contributed by atoms with Gasteiger partial charge in [0.2, 0.25) is 0 Å². The van der Waals surface area contributed by atoms with Crippen LogP contribution in [0, 0.1) is 0 Å². The van der Waals surface area contributed by atoms with Crippen LogP contribution in [0.5, 0.6) is 5.75 Å². The van der Waals surface area contributed by atoms with E-state index >= 15 is 0 Å². The van der Waals surface area contributed by atoms with Gasteiger partial charge in [0.1, 0.15) is 12.4 Å². The van der Waals surface area contributed by atoms with E-state index in [0.717, 1.165) is 0 Å². The van der Waals surface area contributed by atoms with Gasteiger partial charge in [0.15, 0.2) is 17.2 Å². The molecule has 0 aliphatic carbocycles. The highest BCUT2D eigenvalue weighted by Crippen LogP contribution is 2.11. The highest BCUT2D eigenvalue weighted by Gasteiger charge is 2.13. The van der Waals surface area contributed by atoms with Crippen LogP contribution in [0.15, 0.2) is 42.7 Å². The van der Waals surface area contributed by atoms with Gasteiger partial charge in [-0.1, -0.05) is 6.07 Å². The molecule has 0 N–H and O–H groups in total. The first kappa shape index (κ1) is 13.0. The zero-order valence-corrected chi connectivity index (χ0v) is 11.3. The molecule has 0 fully saturated rings. The van der Waals surface area contributed by atoms with Gasteiger partial charge in [0, 0.05) is 6.20 Å². The van der Waals surface area contributed by atoms with E-state index in [9.17, 15) is 4.79 Å². The minimum absolute atomic E-state index is 0.188. The van der Waals surface area contributed by atoms with Gasteiger partial charge in [0.05, 0.1) is 13.3 Å². The fourth-order valence-electron chi connectivity index (χ4n) is 1.85. The molecule has 0 aromatic carbocycles. The molecule has 0 atom stereocenters. The Kier molecular flexibility index (Phi) is 3.46. The van der Waals surface area contributed by atoms with Crippen LogP contribution in [0.2, 0.25) is 0 Å². The number of hydrogen-bond acceptors (Lipinski definition) is 6. The first-order valence-electron chi connectivity index (χ1n) is 6.24. The number of nitrogens with zero attached hydrogens (tertiary/aromatic N) is 4. The second-order valence-electron chi connectivity index (χ2n) is 4.18. The van der Waals surface area contributed by atoms with Crippen LogP contribution >= 0.6 is 0 Å². The van der Waals surface area contributed by atoms with Crippen molar-refractivity contribution in [2.45, 2.75) is 6.61 Å². The van der Waals surface area contributed by atoms with Crippen molar-refractivity contribution >= 4 is 11.6 Å². The molecule has 3 heterocycles. The molecule has 0 bridgehead atoms. The average molecular weight is 284 g/mol. The SMILES string of the molecule is COC(=O)c1cccc2nc(COc3cccnc3)nn12. The monoisotopic (exact) mass is 284 g/mol. The number of hydrogen-bond donors (Lipinski definition) is 0. The van der Waals surface area contributed by atoms with Crippen LogP contribution in [-0.4, -0.2) is 32.7 Å². The van der Waals surface area contributed by atoms with Crippen LogP contribution in [-0.2, 0) is 11.3 Å². The van der Waals surface area contributed by atoms with E-state index in [1.54, 1.807) is 42.7 Å². The zero-order valence-electron chi connectivity index (χ0n) is 11.3. The highest BCUT2D eigenvalue weighted by atomic mass is 16.5. The van der Waals surface area contributed by atoms with E-state index in [0.29, 0.717) is 22.9 Å². The predicted molar refractivity (Wildman–Crippen MR) is 72.9 cm³/mol. The Hall–Kier alpha value is -2.96. The second kappa shape index (κ2) is 5.58. The first-order chi connectivity index (χ1) is 10.3. The third-order valence-electron chi connectivity index (χ3n) is 2.80. The van der Waals surface area contributed by atoms with E-state index in [-0.39, 0.29) is 6.61 Å². The number of aromatic nitrogens is 4. The third kappa shape index (κ3) is 2.66. The Morgan fingerprint density at radius 1 is 1.29 bits per heavy atom. The Morgan fingerprint density at radius 2 is 2.19 bits per heavy atom. The summed E-state index contributed by atoms with van der Waals surface area (Å²) in [5, 5.41) is 4.26. The van der Waals surface area contributed by atoms with Gasteiger partial charge in [-0.2, -0.15) is 0 Å². The van der Waals surface area contributed by atoms with E-state index in [2.05, 4.69) is 15.1 Å². The van der Waals surface area contributed by atoms with Gasteiger partial charge >= 0.3 is 5.97 Å². The van der Waals surface area contributed by atoms with Crippen LogP contribution in [0.25, 0.3) is 5.65 Å². The van der Waals surface area contributed by atoms with E-state index in [4.69, 9.17) is 9.47 Å². The summed E-state index contributed by atoms with van der Waals surface area (Å²) in [4.78, 5) is 19.9. The fourth-order valence-corrected chi connectivity index (χ4v) is 1.85. The van der Waals surface area contributed by atoms with Crippen molar-refractivity contribution in [3.8, 4) is 5.75 Å². The lowest BCUT2D eigenvalue weighted by Gasteiger charge is -2.01. The molecule has 0 aliphatic heterocycles. The van der Waals surface area contributed by atoms with Crippen LogP contribution in [0.1, 0.15) is 16.3 Å². The topological polar surface area (TPSA) is 78.6 Å². The zero-order chi connectivity index (χ0) is 14.7. The lowest BCUT2D eigenvalue weighted by molar-refractivity contribution is 0.0590. The lowest BCUT2D eigenvalue weighted by Crippen LogP contribution is -2.09. The van der Waals surface area contributed by atoms with Gasteiger partial charge in [0.25, 0.3) is 0 Å². The molecule has 3 rings (SSSR count). The van der Waals surface area contributed by atoms with E-state index in [1.165, 1.54) is 11.6 Å². The maximum Gasteiger partial charge on any atom is 0.356 e. The Labute approximate surface area is 120 Å². The summed E-state index contributed by atoms with van der Waals surface area (Å²) in [7, 11) is 1.32. The fraction of sp³-hybridized carbons (Fsp3) is 0.143. The number of esters is 1. The molecule has 0 aliphatic rings. The van der Waals surface area contributed by atoms with Gasteiger partial charge in [-0.15, -0.1) is 5.10 Å². The number of pyridine rings is 2. The number of methoxy groups -OCH3 is 1. The third-order valence-corrected chi connectivity index (χ3v) is 2.80. The van der Waals surface area contributed by atoms with Crippen LogP contribution in [0.3, 0.4) is 0 Å². The summed E-state index contributed by atoms with van der Waals surface area (Å²) < 4.78 is 11.7. The minimum Gasteiger partial charge on any atom is -0.484 e. The van der Waals surface area contributed by atoms with Crippen molar-refractivity contribution in [1.29, 1.82) is 0 Å². The summed E-state index contributed by atoms with van der Waals surface area (Å²) in [5.74, 6) is 0.630. The van der Waals surface area contributed by atoms with Crippen molar-refractivity contribution in [3.63, 3.8) is 0 Å². The molecule has 0 saturated carbocycles. The molecule has 106 valence electrons. The van der Waals surface area contributed by atoms with Gasteiger partial charge in [-0.25, -0.2) is 14.3 Å². The van der Waals surface area contributed by atoms with Crippen molar-refractivity contribution in [3.05, 3.63) is 54.2 Å². The molecule has 0 amide bonds. The van der Waals surface area contributed by atoms with E-state index in [1.807, 2.05) is 0 Å². The smallest absolute Gasteiger partial charge is 0.356 e. The number of fused-ring (bicyclic) bond motifs is 1. The number of carbonyl (C=O) groups is 1. The lowest BCUT2D eigenvalue weighted by atomic mass is 10.3. The van der Waals surface area contributed by atoms with Crippen LogP contribution in [0.4, 0.5) is 0 Å². The Bertz CT molecular complexity index is 770. The molecule has 7 nitrogen and oxygen atoms in total. The molecule has 0 unspecified atom stereocenters. The first-order valence-corrected chi connectivity index (χ1v) is 6.24. The molecule has 0 saturated heterocycles. The van der Waals surface area contributed by atoms with E-state index < -0.39 is 5.97 Å². The molecule has 3 aromatic heterocycles. The van der Waals surface area contributed by atoms with Gasteiger partial charge in [-0.3, -0.25) is 4.98 Å². The quantitative estimate of drug-likeness (QED) is 0.675. The largest absolute Gasteiger partial charge is 0.484 e. The number of ether oxygens (including phenoxy) is 2. The highest BCUT2D eigenvalue weighted by molar-refractivity contribution is 5.88. The van der Waals surface area contributed by atoms with Gasteiger partial charge < -0.3 is 9.47 Å². The standard InChI is InChI=1S/C14H12N4O3/c1-20-14(19)11-5-2-6-13-16-12(17-18(11)13)9-21-10-4-3-7-15-8-10/h2-8H,9H2,1H3. The van der Waals surface area contributed by atoms with Crippen molar-refractivity contribution in [2.75, 3.05) is 7.11 Å². The van der Waals surface area contributed by atoms with Gasteiger partial charge in [-0.05, 0) is 24.3 Å². The number of carbonyl (C=O) groups excluding carboxylic acids is 1. The van der Waals surface area contributed by atoms with Crippen molar-refractivity contribution in [1.82, 2.24) is 19.6 Å². The molecular weight excluding hydrogens is 272 g/mol. The molecule has 21 heavy (non-hydrogen) atoms. The van der Waals surface area contributed by atoms with Crippen molar-refractivity contribution < 1.29 is 14.3 Å². The Morgan fingerprint density at radius 3 is 2.95 bits per heavy atom. The molecule has 3 aromatic rings. The molecular formula is C14H12N4O3. The van der Waals surface area contributed by atoms with Crippen LogP contribution < -0.4 is 4.74 Å². The predicted octanol–water partition coefficient (Wildman–Crippen LogP) is 1.49. The molecule has 7 heteroatoms. The Balaban J connectivity index is 1.86. The second-order valence-corrected chi connectivity index (χ2v) is 4.18. The molecule has 0 radical (unpaired) electrons. The summed E-state index contributed by atoms with van der Waals surface area (Å²) in [6.07, 6.45) is 3.27.